The van der Waals surface area contributed by atoms with Gasteiger partial charge in [0.1, 0.15) is 6.04 Å². The predicted molar refractivity (Wildman–Crippen MR) is 97.0 cm³/mol. The molecule has 2 aromatic carbocycles. The van der Waals surface area contributed by atoms with E-state index in [-0.39, 0.29) is 36.1 Å². The summed E-state index contributed by atoms with van der Waals surface area (Å²) in [5, 5.41) is 0. The number of hydrogen-bond donors (Lipinski definition) is 0. The summed E-state index contributed by atoms with van der Waals surface area (Å²) in [6.45, 7) is -0.374. The number of fused-ring (bicyclic) bond motifs is 1. The Morgan fingerprint density at radius 3 is 2.13 bits per heavy atom. The SMILES string of the molecule is O=C1CC[C@@H](N2C(=O)c3ccccc3C2=O)C(=O)N1Cc1cccc(C(F)(F)F)c1. The van der Waals surface area contributed by atoms with Crippen LogP contribution < -0.4 is 0 Å². The first-order valence-corrected chi connectivity index (χ1v) is 9.16. The van der Waals surface area contributed by atoms with Crippen molar-refractivity contribution in [2.75, 3.05) is 0 Å². The van der Waals surface area contributed by atoms with Gasteiger partial charge in [-0.05, 0) is 36.2 Å². The maximum absolute atomic E-state index is 13.0. The molecule has 6 nitrogen and oxygen atoms in total. The topological polar surface area (TPSA) is 74.8 Å². The van der Waals surface area contributed by atoms with Gasteiger partial charge in [0.2, 0.25) is 5.91 Å². The van der Waals surface area contributed by atoms with Gasteiger partial charge < -0.3 is 0 Å². The highest BCUT2D eigenvalue weighted by Gasteiger charge is 2.46. The number of hydrogen-bond acceptors (Lipinski definition) is 4. The van der Waals surface area contributed by atoms with E-state index in [1.807, 2.05) is 0 Å². The summed E-state index contributed by atoms with van der Waals surface area (Å²) in [5.41, 5.74) is -0.420. The number of imide groups is 2. The Morgan fingerprint density at radius 2 is 1.53 bits per heavy atom. The summed E-state index contributed by atoms with van der Waals surface area (Å²) < 4.78 is 38.9. The normalized spacial score (nSPS) is 19.5. The first-order valence-electron chi connectivity index (χ1n) is 9.16. The molecule has 2 heterocycles. The van der Waals surface area contributed by atoms with Crippen molar-refractivity contribution < 1.29 is 32.3 Å². The number of halogens is 3. The number of nitrogens with zero attached hydrogens (tertiary/aromatic N) is 2. The minimum atomic E-state index is -4.56. The molecule has 2 aliphatic rings. The molecule has 1 saturated heterocycles. The lowest BCUT2D eigenvalue weighted by Gasteiger charge is -2.34. The quantitative estimate of drug-likeness (QED) is 0.721. The van der Waals surface area contributed by atoms with Crippen molar-refractivity contribution in [1.82, 2.24) is 9.80 Å². The molecular weight excluding hydrogens is 401 g/mol. The Labute approximate surface area is 168 Å². The van der Waals surface area contributed by atoms with E-state index in [2.05, 4.69) is 0 Å². The molecule has 0 bridgehead atoms. The minimum Gasteiger partial charge on any atom is -0.276 e. The molecule has 2 aliphatic heterocycles. The number of alkyl halides is 3. The first kappa shape index (κ1) is 19.8. The highest BCUT2D eigenvalue weighted by molar-refractivity contribution is 6.23. The highest BCUT2D eigenvalue weighted by atomic mass is 19.4. The number of likely N-dealkylation sites (tertiary alicyclic amines) is 1. The second kappa shape index (κ2) is 7.08. The second-order valence-corrected chi connectivity index (χ2v) is 7.10. The van der Waals surface area contributed by atoms with E-state index in [9.17, 15) is 32.3 Å². The van der Waals surface area contributed by atoms with E-state index in [0.29, 0.717) is 0 Å². The van der Waals surface area contributed by atoms with Gasteiger partial charge in [-0.3, -0.25) is 29.0 Å². The van der Waals surface area contributed by atoms with Crippen LogP contribution in [0.1, 0.15) is 44.7 Å². The van der Waals surface area contributed by atoms with Gasteiger partial charge in [0.25, 0.3) is 17.7 Å². The van der Waals surface area contributed by atoms with Gasteiger partial charge in [-0.25, -0.2) is 0 Å². The predicted octanol–water partition coefficient (Wildman–Crippen LogP) is 3.02. The Hall–Kier alpha value is -3.49. The number of piperidine rings is 1. The molecule has 1 atom stereocenters. The van der Waals surface area contributed by atoms with Crippen LogP contribution in [0, 0.1) is 0 Å². The zero-order valence-electron chi connectivity index (χ0n) is 15.5. The molecule has 0 spiro atoms. The fourth-order valence-electron chi connectivity index (χ4n) is 3.75. The summed E-state index contributed by atoms with van der Waals surface area (Å²) in [4.78, 5) is 52.3. The lowest BCUT2D eigenvalue weighted by atomic mass is 10.0. The molecule has 4 amide bonds. The molecule has 0 aliphatic carbocycles. The lowest BCUT2D eigenvalue weighted by Crippen LogP contribution is -2.55. The van der Waals surface area contributed by atoms with Gasteiger partial charge in [-0.2, -0.15) is 13.2 Å². The molecule has 2 aromatic rings. The number of amides is 4. The van der Waals surface area contributed by atoms with Crippen molar-refractivity contribution in [3.05, 3.63) is 70.8 Å². The van der Waals surface area contributed by atoms with Crippen molar-refractivity contribution in [2.24, 2.45) is 0 Å². The van der Waals surface area contributed by atoms with Crippen LogP contribution in [-0.2, 0) is 22.3 Å². The molecule has 1 fully saturated rings. The molecule has 0 radical (unpaired) electrons. The zero-order valence-corrected chi connectivity index (χ0v) is 15.5. The minimum absolute atomic E-state index is 0.0256. The van der Waals surface area contributed by atoms with E-state index in [4.69, 9.17) is 0 Å². The van der Waals surface area contributed by atoms with E-state index in [1.54, 1.807) is 12.1 Å². The molecule has 154 valence electrons. The van der Waals surface area contributed by atoms with Gasteiger partial charge in [-0.1, -0.05) is 24.3 Å². The average Bonchev–Trinajstić information content (AvgIpc) is 2.96. The van der Waals surface area contributed by atoms with Crippen molar-refractivity contribution in [2.45, 2.75) is 31.6 Å². The van der Waals surface area contributed by atoms with Gasteiger partial charge in [0.05, 0.1) is 23.2 Å². The van der Waals surface area contributed by atoms with Crippen LogP contribution in [-0.4, -0.2) is 39.5 Å². The van der Waals surface area contributed by atoms with Crippen molar-refractivity contribution in [3.63, 3.8) is 0 Å². The van der Waals surface area contributed by atoms with E-state index >= 15 is 0 Å². The summed E-state index contributed by atoms with van der Waals surface area (Å²) >= 11 is 0. The molecule has 0 saturated carbocycles. The van der Waals surface area contributed by atoms with Gasteiger partial charge >= 0.3 is 6.18 Å². The molecule has 30 heavy (non-hydrogen) atoms. The number of carbonyl (C=O) groups is 4. The van der Waals surface area contributed by atoms with Gasteiger partial charge in [-0.15, -0.1) is 0 Å². The number of benzene rings is 2. The van der Waals surface area contributed by atoms with E-state index in [0.717, 1.165) is 21.9 Å². The Balaban J connectivity index is 1.60. The summed E-state index contributed by atoms with van der Waals surface area (Å²) in [6, 6.07) is 9.31. The average molecular weight is 416 g/mol. The fourth-order valence-corrected chi connectivity index (χ4v) is 3.75. The van der Waals surface area contributed by atoms with Crippen LogP contribution in [0.4, 0.5) is 13.2 Å². The van der Waals surface area contributed by atoms with Crippen LogP contribution in [0.15, 0.2) is 48.5 Å². The fraction of sp³-hybridized carbons (Fsp3) is 0.238. The Morgan fingerprint density at radius 1 is 0.900 bits per heavy atom. The second-order valence-electron chi connectivity index (χ2n) is 7.10. The summed E-state index contributed by atoms with van der Waals surface area (Å²) in [7, 11) is 0. The highest BCUT2D eigenvalue weighted by Crippen LogP contribution is 2.31. The third-order valence-corrected chi connectivity index (χ3v) is 5.22. The van der Waals surface area contributed by atoms with Crippen LogP contribution >= 0.6 is 0 Å². The van der Waals surface area contributed by atoms with Crippen LogP contribution in [0.5, 0.6) is 0 Å². The van der Waals surface area contributed by atoms with Crippen LogP contribution in [0.25, 0.3) is 0 Å². The lowest BCUT2D eigenvalue weighted by molar-refractivity contribution is -0.152. The van der Waals surface area contributed by atoms with Crippen LogP contribution in [0.3, 0.4) is 0 Å². The zero-order chi connectivity index (χ0) is 21.6. The molecular formula is C21H15F3N2O4. The molecule has 4 rings (SSSR count). The summed E-state index contributed by atoms with van der Waals surface area (Å²) in [6.07, 6.45) is -4.69. The monoisotopic (exact) mass is 416 g/mol. The van der Waals surface area contributed by atoms with E-state index in [1.165, 1.54) is 24.3 Å². The molecule has 0 unspecified atom stereocenters. The summed E-state index contributed by atoms with van der Waals surface area (Å²) in [5.74, 6) is -2.59. The van der Waals surface area contributed by atoms with Crippen LogP contribution in [0.2, 0.25) is 0 Å². The van der Waals surface area contributed by atoms with Crippen molar-refractivity contribution in [3.8, 4) is 0 Å². The third-order valence-electron chi connectivity index (χ3n) is 5.22. The maximum Gasteiger partial charge on any atom is 0.416 e. The molecule has 9 heteroatoms. The largest absolute Gasteiger partial charge is 0.416 e. The first-order chi connectivity index (χ1) is 14.2. The van der Waals surface area contributed by atoms with Crippen molar-refractivity contribution >= 4 is 23.6 Å². The molecule has 0 aromatic heterocycles. The Bertz CT molecular complexity index is 1040. The van der Waals surface area contributed by atoms with Crippen molar-refractivity contribution in [1.29, 1.82) is 0 Å². The smallest absolute Gasteiger partial charge is 0.276 e. The number of carbonyl (C=O) groups excluding carboxylic acids is 4. The Kier molecular flexibility index (Phi) is 4.68. The van der Waals surface area contributed by atoms with Gasteiger partial charge in [0, 0.05) is 6.42 Å². The maximum atomic E-state index is 13.0. The third kappa shape index (κ3) is 3.26. The number of rotatable bonds is 3. The molecule has 0 N–H and O–H groups in total. The van der Waals surface area contributed by atoms with E-state index < -0.39 is 41.4 Å². The van der Waals surface area contributed by atoms with Gasteiger partial charge in [0.15, 0.2) is 0 Å². The standard InChI is InChI=1S/C21H15F3N2O4/c22-21(23,24)13-5-3-4-12(10-13)11-25-17(27)9-8-16(20(25)30)26-18(28)14-6-1-2-7-15(14)19(26)29/h1-7,10,16H,8-9,11H2/t16-/m1/s1.